The highest BCUT2D eigenvalue weighted by molar-refractivity contribution is 5.00. The second-order valence-electron chi connectivity index (χ2n) is 4.40. The molecular weight excluding hydrogens is 232 g/mol. The molecule has 0 aromatic carbocycles. The Hall–Kier alpha value is -0.680. The van der Waals surface area contributed by atoms with Gasteiger partial charge in [0.25, 0.3) is 0 Å². The first-order valence-electron chi connectivity index (χ1n) is 6.16. The molecule has 0 saturated carbocycles. The summed E-state index contributed by atoms with van der Waals surface area (Å²) in [5.74, 6) is -1.12. The van der Waals surface area contributed by atoms with Gasteiger partial charge in [0.2, 0.25) is 0 Å². The van der Waals surface area contributed by atoms with Crippen molar-refractivity contribution in [2.24, 2.45) is 0 Å². The van der Waals surface area contributed by atoms with Gasteiger partial charge in [-0.05, 0) is 0 Å². The molecule has 0 bridgehead atoms. The predicted molar refractivity (Wildman–Crippen MR) is 70.2 cm³/mol. The van der Waals surface area contributed by atoms with Gasteiger partial charge in [-0.15, -0.1) is 0 Å². The average Bonchev–Trinajstić information content (AvgIpc) is 2.44. The molecule has 0 atom stereocenters. The minimum absolute atomic E-state index is 0.562. The van der Waals surface area contributed by atoms with E-state index >= 15 is 0 Å². The lowest BCUT2D eigenvalue weighted by atomic mass is 10.0. The van der Waals surface area contributed by atoms with Gasteiger partial charge < -0.3 is 18.9 Å². The van der Waals surface area contributed by atoms with Crippen molar-refractivity contribution in [1.29, 1.82) is 0 Å². The van der Waals surface area contributed by atoms with E-state index in [1.807, 2.05) is 0 Å². The Balaban J connectivity index is 2.81. The number of rotatable bonds is 4. The monoisotopic (exact) mass is 256 g/mol. The van der Waals surface area contributed by atoms with Crippen molar-refractivity contribution in [3.8, 4) is 0 Å². The van der Waals surface area contributed by atoms with Crippen LogP contribution in [0.15, 0.2) is 24.3 Å². The molecule has 1 aliphatic carbocycles. The van der Waals surface area contributed by atoms with E-state index in [2.05, 4.69) is 24.3 Å². The highest BCUT2D eigenvalue weighted by Gasteiger charge is 2.30. The zero-order valence-electron chi connectivity index (χ0n) is 11.8. The van der Waals surface area contributed by atoms with Crippen LogP contribution in [0.4, 0.5) is 0 Å². The van der Waals surface area contributed by atoms with Crippen molar-refractivity contribution in [2.45, 2.75) is 37.3 Å². The third kappa shape index (κ3) is 3.65. The molecule has 0 aliphatic heterocycles. The van der Waals surface area contributed by atoms with Gasteiger partial charge in [-0.2, -0.15) is 0 Å². The number of hydrogen-bond acceptors (Lipinski definition) is 4. The minimum Gasteiger partial charge on any atom is -0.353 e. The van der Waals surface area contributed by atoms with Crippen molar-refractivity contribution in [3.63, 3.8) is 0 Å². The molecule has 0 aromatic heterocycles. The summed E-state index contributed by atoms with van der Waals surface area (Å²) in [5.41, 5.74) is 0. The average molecular weight is 256 g/mol. The number of ether oxygens (including phenoxy) is 4. The summed E-state index contributed by atoms with van der Waals surface area (Å²) in [4.78, 5) is 0. The lowest BCUT2D eigenvalue weighted by molar-refractivity contribution is -0.206. The van der Waals surface area contributed by atoms with Gasteiger partial charge in [0, 0.05) is 54.1 Å². The van der Waals surface area contributed by atoms with E-state index in [9.17, 15) is 0 Å². The first-order chi connectivity index (χ1) is 8.66. The topological polar surface area (TPSA) is 36.9 Å². The van der Waals surface area contributed by atoms with E-state index in [0.29, 0.717) is 25.7 Å². The van der Waals surface area contributed by atoms with Gasteiger partial charge in [0.1, 0.15) is 0 Å². The summed E-state index contributed by atoms with van der Waals surface area (Å²) in [6, 6.07) is 0. The molecule has 1 aliphatic rings. The highest BCUT2D eigenvalue weighted by atomic mass is 16.7. The Morgan fingerprint density at radius 3 is 0.944 bits per heavy atom. The zero-order valence-corrected chi connectivity index (χ0v) is 11.8. The van der Waals surface area contributed by atoms with E-state index < -0.39 is 11.6 Å². The van der Waals surface area contributed by atoms with Crippen molar-refractivity contribution in [1.82, 2.24) is 0 Å². The van der Waals surface area contributed by atoms with E-state index in [1.54, 1.807) is 28.4 Å². The molecule has 0 spiro atoms. The normalized spacial score (nSPS) is 22.9. The lowest BCUT2D eigenvalue weighted by Crippen LogP contribution is -2.34. The maximum Gasteiger partial charge on any atom is 0.174 e. The summed E-state index contributed by atoms with van der Waals surface area (Å²) in [6.45, 7) is 0. The van der Waals surface area contributed by atoms with Gasteiger partial charge in [-0.25, -0.2) is 0 Å². The largest absolute Gasteiger partial charge is 0.353 e. The number of methoxy groups -OCH3 is 4. The zero-order chi connectivity index (χ0) is 13.5. The van der Waals surface area contributed by atoms with E-state index in [-0.39, 0.29) is 0 Å². The summed E-state index contributed by atoms with van der Waals surface area (Å²) >= 11 is 0. The molecular formula is C14H24O4. The van der Waals surface area contributed by atoms with Crippen LogP contribution in [0.5, 0.6) is 0 Å². The third-order valence-corrected chi connectivity index (χ3v) is 3.54. The van der Waals surface area contributed by atoms with Crippen LogP contribution >= 0.6 is 0 Å². The molecule has 0 fully saturated rings. The van der Waals surface area contributed by atoms with Crippen LogP contribution in [0, 0.1) is 0 Å². The molecule has 0 amide bonds. The van der Waals surface area contributed by atoms with Crippen LogP contribution < -0.4 is 0 Å². The van der Waals surface area contributed by atoms with Gasteiger partial charge >= 0.3 is 0 Å². The van der Waals surface area contributed by atoms with Gasteiger partial charge in [0.15, 0.2) is 11.6 Å². The van der Waals surface area contributed by atoms with Gasteiger partial charge in [-0.3, -0.25) is 0 Å². The van der Waals surface area contributed by atoms with Crippen molar-refractivity contribution < 1.29 is 18.9 Å². The maximum absolute atomic E-state index is 5.48. The molecule has 0 unspecified atom stereocenters. The summed E-state index contributed by atoms with van der Waals surface area (Å²) in [5, 5.41) is 0. The molecule has 104 valence electrons. The van der Waals surface area contributed by atoms with E-state index in [0.717, 1.165) is 0 Å². The standard InChI is InChI=1S/C14H24O4/c1-15-13(16-2)9-5-7-11-14(17-3,18-4)12-8-6-10-13/h5-8H,9-12H2,1-4H3. The first kappa shape index (κ1) is 15.4. The third-order valence-electron chi connectivity index (χ3n) is 3.54. The van der Waals surface area contributed by atoms with E-state index in [4.69, 9.17) is 18.9 Å². The van der Waals surface area contributed by atoms with Crippen molar-refractivity contribution >= 4 is 0 Å². The predicted octanol–water partition coefficient (Wildman–Crippen LogP) is 2.65. The Labute approximate surface area is 110 Å². The minimum atomic E-state index is -0.562. The Kier molecular flexibility index (Phi) is 6.02. The molecule has 18 heavy (non-hydrogen) atoms. The first-order valence-corrected chi connectivity index (χ1v) is 6.16. The molecule has 0 aromatic rings. The van der Waals surface area contributed by atoms with Crippen LogP contribution in [0.2, 0.25) is 0 Å². The molecule has 0 heterocycles. The maximum atomic E-state index is 5.48. The fourth-order valence-corrected chi connectivity index (χ4v) is 2.05. The SMILES string of the molecule is COC1(OC)CC=CCC(OC)(OC)CC=CC1. The molecule has 4 heteroatoms. The summed E-state index contributed by atoms with van der Waals surface area (Å²) < 4.78 is 21.9. The van der Waals surface area contributed by atoms with Crippen molar-refractivity contribution in [3.05, 3.63) is 24.3 Å². The van der Waals surface area contributed by atoms with Gasteiger partial charge in [0.05, 0.1) is 0 Å². The van der Waals surface area contributed by atoms with Gasteiger partial charge in [-0.1, -0.05) is 24.3 Å². The number of hydrogen-bond donors (Lipinski definition) is 0. The highest BCUT2D eigenvalue weighted by Crippen LogP contribution is 2.27. The van der Waals surface area contributed by atoms with Crippen molar-refractivity contribution in [2.75, 3.05) is 28.4 Å². The molecule has 0 radical (unpaired) electrons. The lowest BCUT2D eigenvalue weighted by Gasteiger charge is -2.31. The Morgan fingerprint density at radius 2 is 0.778 bits per heavy atom. The van der Waals surface area contributed by atoms with Crippen LogP contribution in [0.1, 0.15) is 25.7 Å². The van der Waals surface area contributed by atoms with E-state index in [1.165, 1.54) is 0 Å². The fourth-order valence-electron chi connectivity index (χ4n) is 2.05. The van der Waals surface area contributed by atoms with Crippen LogP contribution in [-0.4, -0.2) is 40.0 Å². The molecule has 0 saturated heterocycles. The van der Waals surface area contributed by atoms with Crippen LogP contribution in [0.3, 0.4) is 0 Å². The Bertz CT molecular complexity index is 238. The second-order valence-corrected chi connectivity index (χ2v) is 4.40. The quantitative estimate of drug-likeness (QED) is 0.572. The molecule has 1 rings (SSSR count). The second kappa shape index (κ2) is 7.04. The van der Waals surface area contributed by atoms with Crippen LogP contribution in [-0.2, 0) is 18.9 Å². The molecule has 0 N–H and O–H groups in total. The fraction of sp³-hybridized carbons (Fsp3) is 0.714. The van der Waals surface area contributed by atoms with Crippen LogP contribution in [0.25, 0.3) is 0 Å². The summed E-state index contributed by atoms with van der Waals surface area (Å²) in [6.07, 6.45) is 11.0. The molecule has 4 nitrogen and oxygen atoms in total. The smallest absolute Gasteiger partial charge is 0.174 e. The summed E-state index contributed by atoms with van der Waals surface area (Å²) in [7, 11) is 6.69. The Morgan fingerprint density at radius 1 is 0.556 bits per heavy atom.